The molecule has 0 aliphatic carbocycles. The van der Waals surface area contributed by atoms with E-state index in [2.05, 4.69) is 205 Å². The van der Waals surface area contributed by atoms with E-state index >= 15 is 0 Å². The van der Waals surface area contributed by atoms with Crippen LogP contribution in [0.2, 0.25) is 0 Å². The van der Waals surface area contributed by atoms with Crippen LogP contribution in [-0.2, 0) is 0 Å². The zero-order valence-corrected chi connectivity index (χ0v) is 29.4. The van der Waals surface area contributed by atoms with Gasteiger partial charge in [-0.1, -0.05) is 140 Å². The van der Waals surface area contributed by atoms with Crippen molar-refractivity contribution in [2.75, 3.05) is 4.90 Å². The molecule has 0 radical (unpaired) electrons. The Bertz CT molecular complexity index is 3210. The third-order valence-corrected chi connectivity index (χ3v) is 11.0. The summed E-state index contributed by atoms with van der Waals surface area (Å²) in [6, 6.07) is 72.3. The van der Waals surface area contributed by atoms with E-state index in [9.17, 15) is 0 Å². The summed E-state index contributed by atoms with van der Waals surface area (Å²) >= 11 is 0. The molecule has 252 valence electrons. The molecule has 0 unspecified atom stereocenters. The first-order chi connectivity index (χ1) is 26.7. The van der Waals surface area contributed by atoms with Crippen molar-refractivity contribution in [3.05, 3.63) is 200 Å². The lowest BCUT2D eigenvalue weighted by Crippen LogP contribution is -2.09. The summed E-state index contributed by atoms with van der Waals surface area (Å²) in [6.07, 6.45) is 0. The number of furan rings is 1. The Morgan fingerprint density at radius 2 is 0.852 bits per heavy atom. The van der Waals surface area contributed by atoms with Crippen LogP contribution in [0.5, 0.6) is 0 Å². The molecule has 1 aromatic heterocycles. The van der Waals surface area contributed by atoms with Gasteiger partial charge in [-0.25, -0.2) is 0 Å². The third kappa shape index (κ3) is 4.96. The molecular formula is C52H33NO. The summed E-state index contributed by atoms with van der Waals surface area (Å²) in [5.41, 5.74) is 9.83. The van der Waals surface area contributed by atoms with Gasteiger partial charge >= 0.3 is 0 Å². The first kappa shape index (κ1) is 30.5. The summed E-state index contributed by atoms with van der Waals surface area (Å²) in [5, 5.41) is 12.1. The highest BCUT2D eigenvalue weighted by molar-refractivity contribution is 6.16. The van der Waals surface area contributed by atoms with Crippen molar-refractivity contribution >= 4 is 82.1 Å². The molecule has 11 aromatic rings. The van der Waals surface area contributed by atoms with Crippen LogP contribution in [0.3, 0.4) is 0 Å². The van der Waals surface area contributed by atoms with Gasteiger partial charge in [-0.3, -0.25) is 0 Å². The smallest absolute Gasteiger partial charge is 0.137 e. The lowest BCUT2D eigenvalue weighted by Gasteiger charge is -2.26. The van der Waals surface area contributed by atoms with Crippen molar-refractivity contribution in [3.8, 4) is 22.3 Å². The van der Waals surface area contributed by atoms with E-state index in [1.54, 1.807) is 0 Å². The maximum absolute atomic E-state index is 6.57. The van der Waals surface area contributed by atoms with Gasteiger partial charge in [0.25, 0.3) is 0 Å². The molecule has 0 N–H and O–H groups in total. The van der Waals surface area contributed by atoms with Crippen molar-refractivity contribution < 1.29 is 4.42 Å². The predicted octanol–water partition coefficient (Wildman–Crippen LogP) is 15.0. The van der Waals surface area contributed by atoms with Crippen molar-refractivity contribution in [2.45, 2.75) is 0 Å². The van der Waals surface area contributed by atoms with Crippen molar-refractivity contribution in [3.63, 3.8) is 0 Å². The van der Waals surface area contributed by atoms with Gasteiger partial charge in [0.2, 0.25) is 0 Å². The van der Waals surface area contributed by atoms with Gasteiger partial charge in [-0.2, -0.15) is 0 Å². The van der Waals surface area contributed by atoms with Crippen molar-refractivity contribution in [1.82, 2.24) is 0 Å². The Kier molecular flexibility index (Phi) is 6.90. The molecule has 2 nitrogen and oxygen atoms in total. The molecule has 2 heteroatoms. The summed E-state index contributed by atoms with van der Waals surface area (Å²) in [4.78, 5) is 2.34. The number of hydrogen-bond acceptors (Lipinski definition) is 2. The van der Waals surface area contributed by atoms with E-state index < -0.39 is 0 Å². The van der Waals surface area contributed by atoms with Crippen molar-refractivity contribution in [2.24, 2.45) is 0 Å². The van der Waals surface area contributed by atoms with Crippen LogP contribution in [0.4, 0.5) is 17.1 Å². The Labute approximate surface area is 312 Å². The van der Waals surface area contributed by atoms with Crippen LogP contribution in [0, 0.1) is 0 Å². The molecule has 0 spiro atoms. The molecular weight excluding hydrogens is 655 g/mol. The van der Waals surface area contributed by atoms with Crippen molar-refractivity contribution in [1.29, 1.82) is 0 Å². The number of anilines is 3. The molecule has 0 bridgehead atoms. The molecule has 0 aliphatic heterocycles. The fourth-order valence-corrected chi connectivity index (χ4v) is 8.39. The van der Waals surface area contributed by atoms with E-state index in [1.807, 2.05) is 0 Å². The minimum atomic E-state index is 0.870. The molecule has 0 aliphatic rings. The second-order valence-electron chi connectivity index (χ2n) is 14.1. The average Bonchev–Trinajstić information content (AvgIpc) is 3.59. The Morgan fingerprint density at radius 3 is 1.67 bits per heavy atom. The normalized spacial score (nSPS) is 11.7. The van der Waals surface area contributed by atoms with Gasteiger partial charge in [0.05, 0.1) is 0 Å². The highest BCUT2D eigenvalue weighted by atomic mass is 16.3. The molecule has 11 rings (SSSR count). The highest BCUT2D eigenvalue weighted by Gasteiger charge is 2.18. The molecule has 1 heterocycles. The molecule has 0 fully saturated rings. The van der Waals surface area contributed by atoms with Gasteiger partial charge in [-0.15, -0.1) is 0 Å². The zero-order chi connectivity index (χ0) is 35.6. The molecule has 10 aromatic carbocycles. The van der Waals surface area contributed by atoms with E-state index in [-0.39, 0.29) is 0 Å². The lowest BCUT2D eigenvalue weighted by atomic mass is 9.90. The largest absolute Gasteiger partial charge is 0.456 e. The molecule has 0 amide bonds. The summed E-state index contributed by atoms with van der Waals surface area (Å²) in [5.74, 6) is 0. The second kappa shape index (κ2) is 12.2. The monoisotopic (exact) mass is 687 g/mol. The Morgan fingerprint density at radius 1 is 0.278 bits per heavy atom. The summed E-state index contributed by atoms with van der Waals surface area (Å²) in [6.45, 7) is 0. The SMILES string of the molecule is c1ccc(-c2ccc(N(c3ccc4c(-c5cc6ccccc6c6ccccc56)cccc4c3)c3ccc4c(c3)oc3cc5ccccc5cc34)cc2)cc1. The maximum atomic E-state index is 6.57. The quantitative estimate of drug-likeness (QED) is 0.168. The van der Waals surface area contributed by atoms with Gasteiger partial charge < -0.3 is 9.32 Å². The van der Waals surface area contributed by atoms with Crippen LogP contribution >= 0.6 is 0 Å². The first-order valence-corrected chi connectivity index (χ1v) is 18.5. The lowest BCUT2D eigenvalue weighted by molar-refractivity contribution is 0.669. The molecule has 0 saturated heterocycles. The molecule has 0 atom stereocenters. The fourth-order valence-electron chi connectivity index (χ4n) is 8.39. The zero-order valence-electron chi connectivity index (χ0n) is 29.4. The highest BCUT2D eigenvalue weighted by Crippen LogP contribution is 2.43. The fraction of sp³-hybridized carbons (Fsp3) is 0. The minimum Gasteiger partial charge on any atom is -0.456 e. The van der Waals surface area contributed by atoms with E-state index in [0.717, 1.165) is 39.0 Å². The van der Waals surface area contributed by atoms with Gasteiger partial charge in [-0.05, 0) is 120 Å². The molecule has 54 heavy (non-hydrogen) atoms. The second-order valence-corrected chi connectivity index (χ2v) is 14.1. The average molecular weight is 688 g/mol. The van der Waals surface area contributed by atoms with E-state index in [1.165, 1.54) is 65.3 Å². The Balaban J connectivity index is 1.08. The standard InChI is InChI=1S/C52H33NO/c1-2-11-34(12-3-1)35-21-23-40(24-22-35)53(42-26-28-48-50-30-36-13-4-5-14-37(36)32-51(50)54-52(48)33-42)41-25-27-44-38(29-41)16-10-20-46(44)49-31-39-15-6-7-17-43(39)45-18-8-9-19-47(45)49/h1-33H. The van der Waals surface area contributed by atoms with E-state index in [0.29, 0.717) is 0 Å². The third-order valence-electron chi connectivity index (χ3n) is 11.0. The maximum Gasteiger partial charge on any atom is 0.137 e. The van der Waals surface area contributed by atoms with Gasteiger partial charge in [0.1, 0.15) is 11.2 Å². The summed E-state index contributed by atoms with van der Waals surface area (Å²) < 4.78 is 6.57. The number of hydrogen-bond donors (Lipinski definition) is 0. The number of benzene rings is 10. The van der Waals surface area contributed by atoms with Crippen LogP contribution in [0.1, 0.15) is 0 Å². The van der Waals surface area contributed by atoms with Gasteiger partial charge in [0, 0.05) is 33.9 Å². The first-order valence-electron chi connectivity index (χ1n) is 18.5. The number of fused-ring (bicyclic) bond motifs is 8. The summed E-state index contributed by atoms with van der Waals surface area (Å²) in [7, 11) is 0. The van der Waals surface area contributed by atoms with Crippen LogP contribution in [0.25, 0.3) is 87.3 Å². The number of rotatable bonds is 5. The topological polar surface area (TPSA) is 16.4 Å². The van der Waals surface area contributed by atoms with Crippen LogP contribution in [-0.4, -0.2) is 0 Å². The van der Waals surface area contributed by atoms with Crippen LogP contribution < -0.4 is 4.90 Å². The molecule has 0 saturated carbocycles. The number of nitrogens with zero attached hydrogens (tertiary/aromatic N) is 1. The van der Waals surface area contributed by atoms with Crippen LogP contribution in [0.15, 0.2) is 205 Å². The predicted molar refractivity (Wildman–Crippen MR) is 229 cm³/mol. The van der Waals surface area contributed by atoms with E-state index in [4.69, 9.17) is 4.42 Å². The Hall–Kier alpha value is -7.16. The minimum absolute atomic E-state index is 0.870. The van der Waals surface area contributed by atoms with Gasteiger partial charge in [0.15, 0.2) is 0 Å².